The maximum Gasteiger partial charge on any atom is 0.328 e. The van der Waals surface area contributed by atoms with E-state index in [2.05, 4.69) is 41.7 Å². The summed E-state index contributed by atoms with van der Waals surface area (Å²) in [6.45, 7) is 0. The van der Waals surface area contributed by atoms with Crippen LogP contribution in [0.5, 0.6) is 0 Å². The Morgan fingerprint density at radius 2 is 1.58 bits per heavy atom. The third-order valence-corrected chi connectivity index (χ3v) is 6.43. The quantitative estimate of drug-likeness (QED) is 0.409. The zero-order valence-corrected chi connectivity index (χ0v) is 18.7. The van der Waals surface area contributed by atoms with Gasteiger partial charge in [-0.1, -0.05) is 86.0 Å². The predicted octanol–water partition coefficient (Wildman–Crippen LogP) is 6.58. The summed E-state index contributed by atoms with van der Waals surface area (Å²) in [7, 11) is 0. The van der Waals surface area contributed by atoms with E-state index in [0.29, 0.717) is 12.1 Å². The van der Waals surface area contributed by atoms with Gasteiger partial charge in [0.1, 0.15) is 0 Å². The molecule has 4 rings (SSSR count). The number of hydrogen-bond donors (Lipinski definition) is 2. The lowest BCUT2D eigenvalue weighted by molar-refractivity contribution is -0.131. The van der Waals surface area contributed by atoms with E-state index in [0.717, 1.165) is 49.3 Å². The van der Waals surface area contributed by atoms with Crippen molar-refractivity contribution in [1.82, 2.24) is 0 Å². The third-order valence-electron chi connectivity index (χ3n) is 6.43. The van der Waals surface area contributed by atoms with Gasteiger partial charge in [-0.25, -0.2) is 4.79 Å². The van der Waals surface area contributed by atoms with Crippen LogP contribution in [-0.4, -0.2) is 17.0 Å². The molecule has 3 aromatic rings. The molecular formula is C29H29NO3. The summed E-state index contributed by atoms with van der Waals surface area (Å²) < 4.78 is 0. The lowest BCUT2D eigenvalue weighted by Crippen LogP contribution is -2.40. The summed E-state index contributed by atoms with van der Waals surface area (Å²) in [6.07, 6.45) is 8.33. The van der Waals surface area contributed by atoms with E-state index in [4.69, 9.17) is 5.11 Å². The molecule has 0 heterocycles. The molecule has 2 N–H and O–H groups in total. The summed E-state index contributed by atoms with van der Waals surface area (Å²) in [5.41, 5.74) is 4.50. The molecule has 1 aliphatic carbocycles. The molecule has 0 radical (unpaired) electrons. The summed E-state index contributed by atoms with van der Waals surface area (Å²) in [4.78, 5) is 24.4. The zero-order chi connectivity index (χ0) is 23.1. The number of carboxylic acids is 1. The van der Waals surface area contributed by atoms with Crippen LogP contribution >= 0.6 is 0 Å². The number of carboxylic acid groups (broad SMARTS) is 1. The summed E-state index contributed by atoms with van der Waals surface area (Å²) in [5, 5.41) is 12.0. The fourth-order valence-electron chi connectivity index (χ4n) is 4.75. The average Bonchev–Trinajstić information content (AvgIpc) is 2.84. The van der Waals surface area contributed by atoms with Crippen LogP contribution in [0.1, 0.15) is 43.2 Å². The van der Waals surface area contributed by atoms with Gasteiger partial charge in [0, 0.05) is 11.8 Å². The van der Waals surface area contributed by atoms with Crippen molar-refractivity contribution in [2.24, 2.45) is 5.41 Å². The van der Waals surface area contributed by atoms with Crippen molar-refractivity contribution in [3.8, 4) is 11.1 Å². The van der Waals surface area contributed by atoms with Crippen LogP contribution in [0.3, 0.4) is 0 Å². The molecule has 0 spiro atoms. The van der Waals surface area contributed by atoms with Gasteiger partial charge < -0.3 is 10.4 Å². The molecule has 1 fully saturated rings. The van der Waals surface area contributed by atoms with Crippen LogP contribution in [0.2, 0.25) is 0 Å². The largest absolute Gasteiger partial charge is 0.478 e. The van der Waals surface area contributed by atoms with E-state index in [1.54, 1.807) is 0 Å². The Morgan fingerprint density at radius 1 is 0.848 bits per heavy atom. The van der Waals surface area contributed by atoms with Crippen molar-refractivity contribution in [3.05, 3.63) is 96.1 Å². The first-order valence-corrected chi connectivity index (χ1v) is 11.5. The number of rotatable bonds is 7. The van der Waals surface area contributed by atoms with Gasteiger partial charge in [0.05, 0.1) is 5.41 Å². The first-order chi connectivity index (χ1) is 16.0. The molecule has 4 heteroatoms. The van der Waals surface area contributed by atoms with Crippen molar-refractivity contribution >= 4 is 23.6 Å². The highest BCUT2D eigenvalue weighted by atomic mass is 16.4. The van der Waals surface area contributed by atoms with Crippen molar-refractivity contribution in [2.75, 3.05) is 5.32 Å². The second-order valence-corrected chi connectivity index (χ2v) is 8.84. The van der Waals surface area contributed by atoms with Crippen LogP contribution in [0, 0.1) is 5.41 Å². The van der Waals surface area contributed by atoms with Gasteiger partial charge in [-0.2, -0.15) is 0 Å². The number of aliphatic carboxylic acids is 1. The monoisotopic (exact) mass is 439 g/mol. The SMILES string of the molecule is O=C(O)/C=C/c1cccc(NC(=O)C2(Cc3cccc(-c4ccccc4)c3)CCCCC2)c1. The van der Waals surface area contributed by atoms with Crippen LogP contribution in [0.25, 0.3) is 17.2 Å². The highest BCUT2D eigenvalue weighted by Gasteiger charge is 2.39. The minimum absolute atomic E-state index is 0.0479. The van der Waals surface area contributed by atoms with Crippen LogP contribution < -0.4 is 5.32 Å². The number of benzene rings is 3. The first-order valence-electron chi connectivity index (χ1n) is 11.5. The second-order valence-electron chi connectivity index (χ2n) is 8.84. The van der Waals surface area contributed by atoms with Crippen LogP contribution in [-0.2, 0) is 16.0 Å². The molecule has 1 aliphatic rings. The lowest BCUT2D eigenvalue weighted by Gasteiger charge is -2.36. The zero-order valence-electron chi connectivity index (χ0n) is 18.7. The molecule has 1 saturated carbocycles. The maximum atomic E-state index is 13.6. The standard InChI is InChI=1S/C29H29NO3/c31-27(32)16-15-22-9-8-14-26(20-22)30-28(33)29(17-5-2-6-18-29)21-23-10-7-13-25(19-23)24-11-3-1-4-12-24/h1,3-4,7-16,19-20H,2,5-6,17-18,21H2,(H,30,33)(H,31,32)/b16-15+. The number of anilines is 1. The smallest absolute Gasteiger partial charge is 0.328 e. The highest BCUT2D eigenvalue weighted by molar-refractivity contribution is 5.96. The molecule has 0 aromatic heterocycles. The van der Waals surface area contributed by atoms with E-state index in [1.165, 1.54) is 17.2 Å². The predicted molar refractivity (Wildman–Crippen MR) is 133 cm³/mol. The number of hydrogen-bond acceptors (Lipinski definition) is 2. The molecular weight excluding hydrogens is 410 g/mol. The summed E-state index contributed by atoms with van der Waals surface area (Å²) in [6, 6.07) is 26.1. The average molecular weight is 440 g/mol. The number of carbonyl (C=O) groups excluding carboxylic acids is 1. The van der Waals surface area contributed by atoms with Gasteiger partial charge in [0.15, 0.2) is 0 Å². The first kappa shape index (κ1) is 22.5. The van der Waals surface area contributed by atoms with Crippen LogP contribution in [0.4, 0.5) is 5.69 Å². The van der Waals surface area contributed by atoms with Gasteiger partial charge in [-0.3, -0.25) is 4.79 Å². The Labute approximate surface area is 195 Å². The Balaban J connectivity index is 1.56. The molecule has 1 amide bonds. The summed E-state index contributed by atoms with van der Waals surface area (Å²) >= 11 is 0. The minimum Gasteiger partial charge on any atom is -0.478 e. The molecule has 4 nitrogen and oxygen atoms in total. The number of carbonyl (C=O) groups is 2. The van der Waals surface area contributed by atoms with Crippen molar-refractivity contribution in [3.63, 3.8) is 0 Å². The fraction of sp³-hybridized carbons (Fsp3) is 0.241. The Kier molecular flexibility index (Phi) is 7.04. The van der Waals surface area contributed by atoms with E-state index < -0.39 is 11.4 Å². The molecule has 0 aliphatic heterocycles. The Morgan fingerprint density at radius 3 is 2.33 bits per heavy atom. The van der Waals surface area contributed by atoms with Crippen molar-refractivity contribution in [1.29, 1.82) is 0 Å². The molecule has 33 heavy (non-hydrogen) atoms. The minimum atomic E-state index is -0.997. The number of nitrogens with one attached hydrogen (secondary N) is 1. The number of amides is 1. The maximum absolute atomic E-state index is 13.6. The van der Waals surface area contributed by atoms with Gasteiger partial charge in [-0.05, 0) is 59.7 Å². The van der Waals surface area contributed by atoms with E-state index in [9.17, 15) is 9.59 Å². The third kappa shape index (κ3) is 5.78. The van der Waals surface area contributed by atoms with Gasteiger partial charge in [0.25, 0.3) is 0 Å². The van der Waals surface area contributed by atoms with Gasteiger partial charge in [0.2, 0.25) is 5.91 Å². The second kappa shape index (κ2) is 10.3. The summed E-state index contributed by atoms with van der Waals surface area (Å²) in [5.74, 6) is -0.949. The lowest BCUT2D eigenvalue weighted by atomic mass is 9.69. The highest BCUT2D eigenvalue weighted by Crippen LogP contribution is 2.41. The van der Waals surface area contributed by atoms with Crippen LogP contribution in [0.15, 0.2) is 84.9 Å². The normalized spacial score (nSPS) is 15.3. The van der Waals surface area contributed by atoms with Crippen molar-refractivity contribution in [2.45, 2.75) is 38.5 Å². The van der Waals surface area contributed by atoms with E-state index in [1.807, 2.05) is 42.5 Å². The van der Waals surface area contributed by atoms with E-state index >= 15 is 0 Å². The molecule has 0 unspecified atom stereocenters. The van der Waals surface area contributed by atoms with Gasteiger partial charge in [-0.15, -0.1) is 0 Å². The van der Waals surface area contributed by atoms with E-state index in [-0.39, 0.29) is 5.91 Å². The Bertz CT molecular complexity index is 1140. The Hall–Kier alpha value is -3.66. The molecule has 0 saturated heterocycles. The molecule has 0 atom stereocenters. The van der Waals surface area contributed by atoms with Crippen molar-refractivity contribution < 1.29 is 14.7 Å². The molecule has 168 valence electrons. The molecule has 0 bridgehead atoms. The topological polar surface area (TPSA) is 66.4 Å². The van der Waals surface area contributed by atoms with Gasteiger partial charge >= 0.3 is 5.97 Å². The fourth-order valence-corrected chi connectivity index (χ4v) is 4.75. The molecule has 3 aromatic carbocycles.